The monoisotopic (exact) mass is 497 g/mol. The first-order valence-electron chi connectivity index (χ1n) is 11.8. The molecule has 3 aromatic rings. The Morgan fingerprint density at radius 2 is 2.06 bits per heavy atom. The van der Waals surface area contributed by atoms with E-state index in [1.165, 1.54) is 13.0 Å². The van der Waals surface area contributed by atoms with Gasteiger partial charge in [0.1, 0.15) is 6.61 Å². The Hall–Kier alpha value is -3.69. The number of ether oxygens (including phenoxy) is 1. The highest BCUT2D eigenvalue weighted by atomic mass is 19.4. The first-order valence-corrected chi connectivity index (χ1v) is 11.8. The molecule has 36 heavy (non-hydrogen) atoms. The number of pyridine rings is 1. The van der Waals surface area contributed by atoms with Crippen LogP contribution < -0.4 is 10.2 Å². The number of halogens is 3. The van der Waals surface area contributed by atoms with Crippen LogP contribution in [0, 0.1) is 6.92 Å². The van der Waals surface area contributed by atoms with Gasteiger partial charge in [-0.05, 0) is 49.1 Å². The molecule has 188 valence electrons. The summed E-state index contributed by atoms with van der Waals surface area (Å²) in [5.41, 5.74) is 2.98. The lowest BCUT2D eigenvalue weighted by Gasteiger charge is -2.25. The smallest absolute Gasteiger partial charge is 0.416 e. The predicted molar refractivity (Wildman–Crippen MR) is 128 cm³/mol. The van der Waals surface area contributed by atoms with Gasteiger partial charge in [-0.15, -0.1) is 0 Å². The standard InChI is InChI=1S/C26H26F3N5O2/c1-15-19(5-4-6-21(15)26(27,28)29)16(2)31-24-20-13-22(18-7-9-33(10-8-18)17(3)35)30-14-23(20)34-11-12-36-25(34)32-24/h4-7,13-14,16H,8-12H2,1-3H3. The average Bonchev–Trinajstić information content (AvgIpc) is 3.32. The van der Waals surface area contributed by atoms with E-state index in [-0.39, 0.29) is 11.5 Å². The van der Waals surface area contributed by atoms with Crippen LogP contribution in [0.1, 0.15) is 48.7 Å². The van der Waals surface area contributed by atoms with Gasteiger partial charge < -0.3 is 9.64 Å². The van der Waals surface area contributed by atoms with Crippen LogP contribution in [0.3, 0.4) is 0 Å². The molecule has 0 aliphatic carbocycles. The van der Waals surface area contributed by atoms with Gasteiger partial charge in [0.05, 0.1) is 35.6 Å². The summed E-state index contributed by atoms with van der Waals surface area (Å²) < 4.78 is 48.0. The zero-order chi connectivity index (χ0) is 25.6. The number of fused-ring (bicyclic) bond motifs is 3. The Balaban J connectivity index is 1.62. The van der Waals surface area contributed by atoms with E-state index in [4.69, 9.17) is 9.73 Å². The van der Waals surface area contributed by atoms with Crippen molar-refractivity contribution in [2.45, 2.75) is 46.0 Å². The molecule has 5 rings (SSSR count). The Morgan fingerprint density at radius 3 is 2.75 bits per heavy atom. The van der Waals surface area contributed by atoms with Gasteiger partial charge >= 0.3 is 6.18 Å². The molecule has 0 radical (unpaired) electrons. The maximum Gasteiger partial charge on any atom is 0.416 e. The minimum absolute atomic E-state index is 0.0351. The summed E-state index contributed by atoms with van der Waals surface area (Å²) in [6.07, 6.45) is 0.0115. The zero-order valence-corrected chi connectivity index (χ0v) is 20.3. The molecule has 0 fully saturated rings. The van der Waals surface area contributed by atoms with Gasteiger partial charge in [-0.25, -0.2) is 0 Å². The summed E-state index contributed by atoms with van der Waals surface area (Å²) in [6.45, 7) is 7.03. The second-order valence-electron chi connectivity index (χ2n) is 9.07. The molecule has 10 heteroatoms. The van der Waals surface area contributed by atoms with Crippen molar-refractivity contribution in [1.29, 1.82) is 0 Å². The molecular weight excluding hydrogens is 471 g/mol. The van der Waals surface area contributed by atoms with Crippen LogP contribution >= 0.6 is 0 Å². The summed E-state index contributed by atoms with van der Waals surface area (Å²) in [5.74, 6) is 0.0351. The molecular formula is C26H26F3N5O2. The van der Waals surface area contributed by atoms with Gasteiger partial charge in [-0.1, -0.05) is 18.2 Å². The van der Waals surface area contributed by atoms with E-state index in [2.05, 4.69) is 9.97 Å². The fourth-order valence-electron chi connectivity index (χ4n) is 4.84. The van der Waals surface area contributed by atoms with E-state index in [9.17, 15) is 18.0 Å². The highest BCUT2D eigenvalue weighted by Crippen LogP contribution is 2.35. The molecule has 0 saturated heterocycles. The average molecular weight is 498 g/mol. The molecule has 0 spiro atoms. The molecule has 1 aromatic carbocycles. The molecule has 1 unspecified atom stereocenters. The first-order chi connectivity index (χ1) is 17.1. The lowest BCUT2D eigenvalue weighted by Crippen LogP contribution is -2.32. The SMILES string of the molecule is CC(=O)N1CC=C(c2cc3c(=NC(C)c4cccc(C(F)(F)F)c4C)nc4n(c3cn2)CCO4)CC1. The molecule has 2 aromatic heterocycles. The Bertz CT molecular complexity index is 1460. The van der Waals surface area contributed by atoms with Crippen molar-refractivity contribution in [1.82, 2.24) is 19.4 Å². The summed E-state index contributed by atoms with van der Waals surface area (Å²) >= 11 is 0. The number of hydrogen-bond acceptors (Lipinski definition) is 5. The number of amides is 1. The molecule has 2 aliphatic heterocycles. The Kier molecular flexibility index (Phi) is 6.05. The third-order valence-electron chi connectivity index (χ3n) is 6.82. The van der Waals surface area contributed by atoms with Crippen LogP contribution in [-0.4, -0.2) is 45.0 Å². The van der Waals surface area contributed by atoms with E-state index in [1.54, 1.807) is 31.0 Å². The number of carbonyl (C=O) groups excluding carboxylic acids is 1. The highest BCUT2D eigenvalue weighted by molar-refractivity contribution is 5.82. The van der Waals surface area contributed by atoms with Gasteiger partial charge in [0.25, 0.3) is 6.01 Å². The van der Waals surface area contributed by atoms with Crippen molar-refractivity contribution >= 4 is 22.4 Å². The number of nitrogens with zero attached hydrogens (tertiary/aromatic N) is 5. The summed E-state index contributed by atoms with van der Waals surface area (Å²) in [6, 6.07) is 5.93. The Labute approximate surface area is 206 Å². The zero-order valence-electron chi connectivity index (χ0n) is 20.3. The lowest BCUT2D eigenvalue weighted by molar-refractivity contribution is -0.138. The molecule has 1 amide bonds. The molecule has 1 atom stereocenters. The number of benzene rings is 1. The first kappa shape index (κ1) is 24.0. The molecule has 7 nitrogen and oxygen atoms in total. The largest absolute Gasteiger partial charge is 0.463 e. The van der Waals surface area contributed by atoms with E-state index in [0.29, 0.717) is 49.7 Å². The van der Waals surface area contributed by atoms with Crippen LogP contribution in [0.5, 0.6) is 6.01 Å². The maximum absolute atomic E-state index is 13.5. The summed E-state index contributed by atoms with van der Waals surface area (Å²) in [5, 5.41) is 0.751. The van der Waals surface area contributed by atoms with Gasteiger partial charge in [0, 0.05) is 25.4 Å². The Morgan fingerprint density at radius 1 is 1.25 bits per heavy atom. The molecule has 0 bridgehead atoms. The van der Waals surface area contributed by atoms with E-state index < -0.39 is 17.8 Å². The third kappa shape index (κ3) is 4.36. The van der Waals surface area contributed by atoms with E-state index >= 15 is 0 Å². The minimum atomic E-state index is -4.44. The van der Waals surface area contributed by atoms with Crippen LogP contribution in [0.4, 0.5) is 13.2 Å². The highest BCUT2D eigenvalue weighted by Gasteiger charge is 2.33. The second-order valence-corrected chi connectivity index (χ2v) is 9.07. The van der Waals surface area contributed by atoms with Crippen LogP contribution in [0.15, 0.2) is 41.5 Å². The lowest BCUT2D eigenvalue weighted by atomic mass is 9.97. The van der Waals surface area contributed by atoms with Crippen LogP contribution in [-0.2, 0) is 17.5 Å². The molecule has 0 saturated carbocycles. The number of aromatic nitrogens is 3. The molecule has 2 aliphatic rings. The predicted octanol–water partition coefficient (Wildman–Crippen LogP) is 4.45. The van der Waals surface area contributed by atoms with Crippen molar-refractivity contribution in [3.05, 3.63) is 64.4 Å². The van der Waals surface area contributed by atoms with Crippen molar-refractivity contribution < 1.29 is 22.7 Å². The van der Waals surface area contributed by atoms with Crippen molar-refractivity contribution in [2.75, 3.05) is 19.7 Å². The number of carbonyl (C=O) groups is 1. The third-order valence-corrected chi connectivity index (χ3v) is 6.82. The van der Waals surface area contributed by atoms with Gasteiger partial charge in [0.2, 0.25) is 5.91 Å². The number of hydrogen-bond donors (Lipinski definition) is 0. The fourth-order valence-corrected chi connectivity index (χ4v) is 4.84. The van der Waals surface area contributed by atoms with Gasteiger partial charge in [-0.3, -0.25) is 19.3 Å². The van der Waals surface area contributed by atoms with Crippen LogP contribution in [0.2, 0.25) is 0 Å². The maximum atomic E-state index is 13.5. The fraction of sp³-hybridized carbons (Fsp3) is 0.385. The normalized spacial score (nSPS) is 17.1. The van der Waals surface area contributed by atoms with Gasteiger partial charge in [-0.2, -0.15) is 18.2 Å². The number of alkyl halides is 3. The van der Waals surface area contributed by atoms with E-state index in [1.807, 2.05) is 16.7 Å². The van der Waals surface area contributed by atoms with Crippen molar-refractivity contribution in [3.63, 3.8) is 0 Å². The number of rotatable bonds is 3. The summed E-state index contributed by atoms with van der Waals surface area (Å²) in [4.78, 5) is 27.5. The van der Waals surface area contributed by atoms with Crippen LogP contribution in [0.25, 0.3) is 16.5 Å². The van der Waals surface area contributed by atoms with Gasteiger partial charge in [0.15, 0.2) is 5.49 Å². The summed E-state index contributed by atoms with van der Waals surface area (Å²) in [7, 11) is 0. The van der Waals surface area contributed by atoms with E-state index in [0.717, 1.165) is 28.2 Å². The quantitative estimate of drug-likeness (QED) is 0.536. The van der Waals surface area contributed by atoms with Crippen molar-refractivity contribution in [2.24, 2.45) is 4.99 Å². The van der Waals surface area contributed by atoms with Crippen molar-refractivity contribution in [3.8, 4) is 6.01 Å². The second kappa shape index (κ2) is 9.07. The minimum Gasteiger partial charge on any atom is -0.463 e. The molecule has 4 heterocycles. The molecule has 0 N–H and O–H groups in total. The topological polar surface area (TPSA) is 72.6 Å².